The number of nitrogens with two attached hydrogens (primary N) is 1. The van der Waals surface area contributed by atoms with E-state index in [0.29, 0.717) is 53.2 Å². The van der Waals surface area contributed by atoms with Crippen LogP contribution in [0, 0.1) is 32.1 Å². The number of nitro benzene ring substituents is 2. The molecule has 342 valence electrons. The van der Waals surface area contributed by atoms with Crippen molar-refractivity contribution in [1.29, 1.82) is 0 Å². The van der Waals surface area contributed by atoms with Crippen LogP contribution in [0.4, 0.5) is 39.8 Å². The Kier molecular flexibility index (Phi) is 22.1. The lowest BCUT2D eigenvalue weighted by Gasteiger charge is -2.25. The molecular formula is C45H62N7O11+. The third kappa shape index (κ3) is 16.7. The van der Waals surface area contributed by atoms with Crippen molar-refractivity contribution >= 4 is 51.8 Å². The molecule has 18 heteroatoms. The second-order valence-corrected chi connectivity index (χ2v) is 14.6. The Balaban J connectivity index is 2.11. The average Bonchev–Trinajstić information content (AvgIpc) is 3.29. The molecule has 0 spiro atoms. The van der Waals surface area contributed by atoms with Gasteiger partial charge in [-0.3, -0.25) is 20.2 Å². The minimum atomic E-state index is -0.687. The maximum Gasteiger partial charge on any atom is 0.330 e. The van der Waals surface area contributed by atoms with E-state index in [-0.39, 0.29) is 43.8 Å². The molecule has 0 aliphatic rings. The molecule has 0 heterocycles. The van der Waals surface area contributed by atoms with Gasteiger partial charge in [0.15, 0.2) is 22.9 Å². The van der Waals surface area contributed by atoms with E-state index < -0.39 is 33.2 Å². The highest BCUT2D eigenvalue weighted by atomic mass is 16.6. The number of azo groups is 1. The third-order valence-corrected chi connectivity index (χ3v) is 10.2. The summed E-state index contributed by atoms with van der Waals surface area (Å²) in [6.45, 7) is 16.8. The van der Waals surface area contributed by atoms with Crippen molar-refractivity contribution in [1.82, 2.24) is 0 Å². The molecule has 3 rings (SSSR count). The van der Waals surface area contributed by atoms with Crippen molar-refractivity contribution in [2.24, 2.45) is 22.1 Å². The van der Waals surface area contributed by atoms with Crippen LogP contribution in [0.2, 0.25) is 0 Å². The molecule has 0 aromatic heterocycles. The smallest absolute Gasteiger partial charge is 0.330 e. The highest BCUT2D eigenvalue weighted by Gasteiger charge is 2.24. The number of methoxy groups -OCH3 is 1. The van der Waals surface area contributed by atoms with E-state index in [1.807, 2.05) is 4.90 Å². The molecule has 0 saturated carbocycles. The number of esters is 2. The summed E-state index contributed by atoms with van der Waals surface area (Å²) in [6, 6.07) is 12.1. The molecular weight excluding hydrogens is 815 g/mol. The molecule has 18 nitrogen and oxygen atoms in total. The summed E-state index contributed by atoms with van der Waals surface area (Å²) in [5.41, 5.74) is 5.61. The van der Waals surface area contributed by atoms with E-state index in [9.17, 15) is 29.8 Å². The Morgan fingerprint density at radius 2 is 1.37 bits per heavy atom. The fourth-order valence-electron chi connectivity index (χ4n) is 6.32. The molecule has 3 N–H and O–H groups in total. The molecule has 0 bridgehead atoms. The van der Waals surface area contributed by atoms with Gasteiger partial charge in [-0.1, -0.05) is 79.4 Å². The number of carbonyl (C=O) groups is 2. The van der Waals surface area contributed by atoms with Crippen LogP contribution in [0.5, 0.6) is 17.2 Å². The number of non-ortho nitro benzene ring substituents is 1. The van der Waals surface area contributed by atoms with Gasteiger partial charge in [0, 0.05) is 42.1 Å². The molecule has 0 saturated heterocycles. The van der Waals surface area contributed by atoms with Crippen LogP contribution in [0.3, 0.4) is 0 Å². The topological polar surface area (TPSA) is 223 Å². The predicted molar refractivity (Wildman–Crippen MR) is 241 cm³/mol. The molecule has 0 aliphatic carbocycles. The largest absolute Gasteiger partial charge is 0.494 e. The quantitative estimate of drug-likeness (QED) is 0.0117. The fourth-order valence-corrected chi connectivity index (χ4v) is 6.32. The van der Waals surface area contributed by atoms with Gasteiger partial charge >= 0.3 is 17.6 Å². The Bertz CT molecular complexity index is 2000. The number of rotatable bonds is 31. The van der Waals surface area contributed by atoms with Crippen molar-refractivity contribution in [3.63, 3.8) is 0 Å². The molecule has 0 fully saturated rings. The third-order valence-electron chi connectivity index (χ3n) is 10.2. The number of quaternary nitrogens is 1. The first-order valence-electron chi connectivity index (χ1n) is 21.3. The number of unbranched alkanes of at least 4 members (excludes halogenated alkanes) is 2. The number of anilines is 2. The molecule has 0 radical (unpaired) electrons. The van der Waals surface area contributed by atoms with Crippen LogP contribution < -0.4 is 30.0 Å². The highest BCUT2D eigenvalue weighted by molar-refractivity contribution is 5.81. The van der Waals surface area contributed by atoms with Gasteiger partial charge in [0.05, 0.1) is 49.3 Å². The predicted octanol–water partition coefficient (Wildman–Crippen LogP) is 9.60. The van der Waals surface area contributed by atoms with Crippen LogP contribution in [0.1, 0.15) is 79.1 Å². The Hall–Kier alpha value is -6.56. The van der Waals surface area contributed by atoms with Gasteiger partial charge in [-0.2, -0.15) is 0 Å². The van der Waals surface area contributed by atoms with E-state index in [1.54, 1.807) is 35.8 Å². The standard InChI is InChI=1S/C45H61N7O11/c1-8-14-16-32(10-3)30-62-42-29-39(49-47-37-21-18-34(27-41(37)59-7)50(22-24-60-44(53)12-5)23-25-61-45(54)13-6)43(63-31-33(11-4)17-15-9-2)28-38(42)48-46-36-20-19-35(51(55)56)26-40(36)52(57)58/h12-13,18-21,26-29,32-33,46,48H,5-6,8-11,14-17,22-25,30-31H2,1-4,7H3/p+1. The molecule has 3 aromatic carbocycles. The Morgan fingerprint density at radius 3 is 1.89 bits per heavy atom. The van der Waals surface area contributed by atoms with E-state index in [2.05, 4.69) is 56.5 Å². The molecule has 0 aliphatic heterocycles. The van der Waals surface area contributed by atoms with Crippen molar-refractivity contribution in [2.75, 3.05) is 57.0 Å². The van der Waals surface area contributed by atoms with E-state index in [0.717, 1.165) is 69.6 Å². The van der Waals surface area contributed by atoms with Gasteiger partial charge in [0.25, 0.3) is 5.69 Å². The van der Waals surface area contributed by atoms with Crippen LogP contribution in [-0.4, -0.2) is 68.4 Å². The number of nitrogens with zero attached hydrogens (tertiary/aromatic N) is 5. The average molecular weight is 877 g/mol. The first kappa shape index (κ1) is 50.8. The lowest BCUT2D eigenvalue weighted by Crippen LogP contribution is -2.82. The highest BCUT2D eigenvalue weighted by Crippen LogP contribution is 2.40. The number of hydrogen-bond acceptors (Lipinski definition) is 15. The Labute approximate surface area is 368 Å². The fraction of sp³-hybridized carbons (Fsp3) is 0.467. The SMILES string of the molecule is C=CC(=O)OCCN(CCOC(=O)C=C)c1ccc(N=Nc2cc(OCC(CC)CCCC)c([NH2+]Nc3ccc([N+](=O)[O-])cc3[N+](=O)[O-])cc2OCC(CC)CCCC)c(OC)c1. The zero-order chi connectivity index (χ0) is 46.1. The van der Waals surface area contributed by atoms with Crippen LogP contribution >= 0.6 is 0 Å². The summed E-state index contributed by atoms with van der Waals surface area (Å²) < 4.78 is 29.1. The van der Waals surface area contributed by atoms with E-state index >= 15 is 0 Å². The lowest BCUT2D eigenvalue weighted by atomic mass is 10.0. The Morgan fingerprint density at radius 1 is 0.778 bits per heavy atom. The normalized spacial score (nSPS) is 11.9. The zero-order valence-electron chi connectivity index (χ0n) is 37.0. The monoisotopic (exact) mass is 876 g/mol. The summed E-state index contributed by atoms with van der Waals surface area (Å²) in [6.07, 6.45) is 10.1. The number of ether oxygens (including phenoxy) is 5. The van der Waals surface area contributed by atoms with Gasteiger partial charge in [-0.05, 0) is 42.9 Å². The van der Waals surface area contributed by atoms with Crippen molar-refractivity contribution in [2.45, 2.75) is 79.1 Å². The lowest BCUT2D eigenvalue weighted by molar-refractivity contribution is -0.539. The number of hydrogen-bond donors (Lipinski definition) is 2. The van der Waals surface area contributed by atoms with Crippen molar-refractivity contribution in [3.05, 3.63) is 94.1 Å². The van der Waals surface area contributed by atoms with E-state index in [4.69, 9.17) is 23.7 Å². The molecule has 3 aromatic rings. The van der Waals surface area contributed by atoms with E-state index in [1.165, 1.54) is 19.2 Å². The van der Waals surface area contributed by atoms with Gasteiger partial charge in [-0.15, -0.1) is 10.2 Å². The van der Waals surface area contributed by atoms with Gasteiger partial charge < -0.3 is 28.6 Å². The molecule has 0 amide bonds. The number of carbonyl (C=O) groups excluding carboxylic acids is 2. The second-order valence-electron chi connectivity index (χ2n) is 14.6. The summed E-state index contributed by atoms with van der Waals surface area (Å²) >= 11 is 0. The number of benzene rings is 3. The second kappa shape index (κ2) is 27.4. The van der Waals surface area contributed by atoms with Crippen LogP contribution in [0.15, 0.2) is 84.1 Å². The minimum Gasteiger partial charge on any atom is -0.494 e. The minimum absolute atomic E-state index is 0.0415. The molecule has 2 atom stereocenters. The number of nitro groups is 2. The van der Waals surface area contributed by atoms with Gasteiger partial charge in [0.2, 0.25) is 0 Å². The summed E-state index contributed by atoms with van der Waals surface area (Å²) in [5, 5.41) is 32.6. The first-order chi connectivity index (χ1) is 30.4. The summed E-state index contributed by atoms with van der Waals surface area (Å²) in [5.74, 6) is 0.556. The zero-order valence-corrected chi connectivity index (χ0v) is 37.0. The van der Waals surface area contributed by atoms with Crippen molar-refractivity contribution in [3.8, 4) is 17.2 Å². The summed E-state index contributed by atoms with van der Waals surface area (Å²) in [7, 11) is 1.50. The van der Waals surface area contributed by atoms with Crippen LogP contribution in [0.25, 0.3) is 0 Å². The van der Waals surface area contributed by atoms with Crippen LogP contribution in [-0.2, 0) is 19.1 Å². The molecule has 2 unspecified atom stereocenters. The van der Waals surface area contributed by atoms with Gasteiger partial charge in [-0.25, -0.2) is 20.4 Å². The maximum atomic E-state index is 12.0. The van der Waals surface area contributed by atoms with Gasteiger partial charge in [0.1, 0.15) is 30.3 Å². The molecule has 63 heavy (non-hydrogen) atoms. The number of nitrogens with one attached hydrogen (secondary N) is 1. The number of nitrogen functional groups attached to an aromatic ring is 1. The van der Waals surface area contributed by atoms with Crippen molar-refractivity contribution < 1.29 is 48.5 Å². The maximum absolute atomic E-state index is 12.0. The first-order valence-corrected chi connectivity index (χ1v) is 21.3. The summed E-state index contributed by atoms with van der Waals surface area (Å²) in [4.78, 5) is 47.3.